The van der Waals surface area contributed by atoms with E-state index >= 15 is 0 Å². The number of nitrogens with zero attached hydrogens (tertiary/aromatic N) is 6. The molecule has 102 valence electrons. The van der Waals surface area contributed by atoms with Crippen molar-refractivity contribution in [3.63, 3.8) is 0 Å². The maximum Gasteiger partial charge on any atom is 0.163 e. The Morgan fingerprint density at radius 3 is 2.74 bits per heavy atom. The van der Waals surface area contributed by atoms with Crippen molar-refractivity contribution in [2.24, 2.45) is 0 Å². The van der Waals surface area contributed by atoms with E-state index in [0.717, 1.165) is 50.3 Å². The second-order valence-electron chi connectivity index (χ2n) is 5.01. The summed E-state index contributed by atoms with van der Waals surface area (Å²) in [5.74, 6) is 0.496. The van der Waals surface area contributed by atoms with Gasteiger partial charge in [-0.2, -0.15) is 5.10 Å². The molecular formula is C12H19N7. The standard InChI is InChI=1S/C12H19N7/c1-17-2-4-18(5-3-17)6-7-19-12-10(8-16-19)11(13)14-9-15-12/h8-9H,2-7H2,1H3,(H2,13,14,15). The summed E-state index contributed by atoms with van der Waals surface area (Å²) in [5.41, 5.74) is 6.62. The molecule has 1 fully saturated rings. The van der Waals surface area contributed by atoms with Crippen LogP contribution in [0.15, 0.2) is 12.5 Å². The molecule has 0 radical (unpaired) electrons. The predicted octanol–water partition coefficient (Wildman–Crippen LogP) is -0.344. The van der Waals surface area contributed by atoms with Gasteiger partial charge in [-0.05, 0) is 7.05 Å². The van der Waals surface area contributed by atoms with E-state index in [1.54, 1.807) is 6.20 Å². The van der Waals surface area contributed by atoms with Crippen LogP contribution >= 0.6 is 0 Å². The van der Waals surface area contributed by atoms with Crippen molar-refractivity contribution >= 4 is 16.9 Å². The second-order valence-corrected chi connectivity index (χ2v) is 5.01. The Balaban J connectivity index is 1.67. The van der Waals surface area contributed by atoms with Crippen LogP contribution in [0.3, 0.4) is 0 Å². The van der Waals surface area contributed by atoms with Crippen LogP contribution in [-0.4, -0.2) is 69.3 Å². The van der Waals surface area contributed by atoms with E-state index in [1.807, 2.05) is 4.68 Å². The Kier molecular flexibility index (Phi) is 3.31. The summed E-state index contributed by atoms with van der Waals surface area (Å²) in [6, 6.07) is 0. The average molecular weight is 261 g/mol. The molecule has 0 amide bonds. The number of hydrogen-bond acceptors (Lipinski definition) is 6. The van der Waals surface area contributed by atoms with Gasteiger partial charge in [0, 0.05) is 32.7 Å². The van der Waals surface area contributed by atoms with Gasteiger partial charge in [-0.1, -0.05) is 0 Å². The zero-order valence-electron chi connectivity index (χ0n) is 11.2. The minimum atomic E-state index is 0.496. The number of fused-ring (bicyclic) bond motifs is 1. The van der Waals surface area contributed by atoms with Crippen molar-refractivity contribution in [2.45, 2.75) is 6.54 Å². The molecule has 0 aromatic carbocycles. The lowest BCUT2D eigenvalue weighted by molar-refractivity contribution is 0.149. The summed E-state index contributed by atoms with van der Waals surface area (Å²) in [6.45, 7) is 6.34. The van der Waals surface area contributed by atoms with E-state index < -0.39 is 0 Å². The average Bonchev–Trinajstić information content (AvgIpc) is 2.83. The number of aromatic nitrogens is 4. The fourth-order valence-corrected chi connectivity index (χ4v) is 2.38. The van der Waals surface area contributed by atoms with Crippen LogP contribution in [0.5, 0.6) is 0 Å². The molecule has 3 rings (SSSR count). The molecule has 0 atom stereocenters. The highest BCUT2D eigenvalue weighted by atomic mass is 15.3. The summed E-state index contributed by atoms with van der Waals surface area (Å²) in [4.78, 5) is 13.0. The topological polar surface area (TPSA) is 76.1 Å². The zero-order valence-corrected chi connectivity index (χ0v) is 11.2. The molecule has 0 bridgehead atoms. The molecule has 2 aromatic rings. The Bertz CT molecular complexity index is 556. The zero-order chi connectivity index (χ0) is 13.2. The van der Waals surface area contributed by atoms with E-state index in [4.69, 9.17) is 5.73 Å². The second kappa shape index (κ2) is 5.10. The van der Waals surface area contributed by atoms with Crippen molar-refractivity contribution in [1.82, 2.24) is 29.5 Å². The third-order valence-corrected chi connectivity index (χ3v) is 3.69. The SMILES string of the molecule is CN1CCN(CCn2ncc3c(N)ncnc32)CC1. The van der Waals surface area contributed by atoms with Gasteiger partial charge in [0.2, 0.25) is 0 Å². The Labute approximate surface area is 112 Å². The molecule has 1 aliphatic rings. The molecule has 19 heavy (non-hydrogen) atoms. The van der Waals surface area contributed by atoms with Crippen LogP contribution in [0.1, 0.15) is 0 Å². The van der Waals surface area contributed by atoms with Crippen LogP contribution < -0.4 is 5.73 Å². The smallest absolute Gasteiger partial charge is 0.163 e. The largest absolute Gasteiger partial charge is 0.383 e. The molecule has 1 aliphatic heterocycles. The van der Waals surface area contributed by atoms with Crippen LogP contribution in [-0.2, 0) is 6.54 Å². The van der Waals surface area contributed by atoms with Crippen LogP contribution in [0, 0.1) is 0 Å². The van der Waals surface area contributed by atoms with Crippen molar-refractivity contribution in [2.75, 3.05) is 45.5 Å². The monoisotopic (exact) mass is 261 g/mol. The van der Waals surface area contributed by atoms with Gasteiger partial charge in [-0.15, -0.1) is 0 Å². The summed E-state index contributed by atoms with van der Waals surface area (Å²) in [5, 5.41) is 5.19. The summed E-state index contributed by atoms with van der Waals surface area (Å²) < 4.78 is 1.91. The molecule has 2 aromatic heterocycles. The lowest BCUT2D eigenvalue weighted by Gasteiger charge is -2.32. The summed E-state index contributed by atoms with van der Waals surface area (Å²) >= 11 is 0. The van der Waals surface area contributed by atoms with Gasteiger partial charge in [0.1, 0.15) is 12.1 Å². The molecule has 0 spiro atoms. The summed E-state index contributed by atoms with van der Waals surface area (Å²) in [6.07, 6.45) is 3.24. The number of nitrogens with two attached hydrogens (primary N) is 1. The van der Waals surface area contributed by atoms with E-state index in [0.29, 0.717) is 5.82 Å². The number of hydrogen-bond donors (Lipinski definition) is 1. The number of rotatable bonds is 3. The quantitative estimate of drug-likeness (QED) is 0.814. The van der Waals surface area contributed by atoms with Crippen LogP contribution in [0.25, 0.3) is 11.0 Å². The van der Waals surface area contributed by atoms with Gasteiger partial charge < -0.3 is 10.6 Å². The minimum absolute atomic E-state index is 0.496. The van der Waals surface area contributed by atoms with Crippen LogP contribution in [0.4, 0.5) is 5.82 Å². The van der Waals surface area contributed by atoms with Gasteiger partial charge >= 0.3 is 0 Å². The fourth-order valence-electron chi connectivity index (χ4n) is 2.38. The van der Waals surface area contributed by atoms with E-state index in [-0.39, 0.29) is 0 Å². The Morgan fingerprint density at radius 1 is 1.16 bits per heavy atom. The Morgan fingerprint density at radius 2 is 1.95 bits per heavy atom. The normalized spacial score (nSPS) is 18.2. The van der Waals surface area contributed by atoms with Crippen molar-refractivity contribution in [3.05, 3.63) is 12.5 Å². The van der Waals surface area contributed by atoms with Gasteiger partial charge in [0.25, 0.3) is 0 Å². The highest BCUT2D eigenvalue weighted by Gasteiger charge is 2.14. The first-order valence-electron chi connectivity index (χ1n) is 6.57. The molecular weight excluding hydrogens is 242 g/mol. The van der Waals surface area contributed by atoms with Crippen molar-refractivity contribution in [3.8, 4) is 0 Å². The first-order valence-corrected chi connectivity index (χ1v) is 6.57. The molecule has 0 saturated carbocycles. The van der Waals surface area contributed by atoms with E-state index in [9.17, 15) is 0 Å². The number of anilines is 1. The maximum absolute atomic E-state index is 5.80. The molecule has 3 heterocycles. The highest BCUT2D eigenvalue weighted by Crippen LogP contribution is 2.15. The lowest BCUT2D eigenvalue weighted by atomic mass is 10.3. The van der Waals surface area contributed by atoms with Crippen molar-refractivity contribution in [1.29, 1.82) is 0 Å². The third kappa shape index (κ3) is 2.52. The Hall–Kier alpha value is -1.73. The van der Waals surface area contributed by atoms with Gasteiger partial charge in [0.05, 0.1) is 18.1 Å². The predicted molar refractivity (Wildman–Crippen MR) is 73.7 cm³/mol. The van der Waals surface area contributed by atoms with Gasteiger partial charge in [-0.3, -0.25) is 4.90 Å². The lowest BCUT2D eigenvalue weighted by Crippen LogP contribution is -2.45. The molecule has 7 nitrogen and oxygen atoms in total. The van der Waals surface area contributed by atoms with E-state index in [1.165, 1.54) is 6.33 Å². The van der Waals surface area contributed by atoms with Gasteiger partial charge in [0.15, 0.2) is 5.65 Å². The molecule has 2 N–H and O–H groups in total. The first kappa shape index (κ1) is 12.3. The van der Waals surface area contributed by atoms with E-state index in [2.05, 4.69) is 31.9 Å². The maximum atomic E-state index is 5.80. The van der Waals surface area contributed by atoms with Gasteiger partial charge in [-0.25, -0.2) is 14.6 Å². The minimum Gasteiger partial charge on any atom is -0.383 e. The number of nitrogen functional groups attached to an aromatic ring is 1. The number of piperazine rings is 1. The third-order valence-electron chi connectivity index (χ3n) is 3.69. The number of likely N-dealkylation sites (N-methyl/N-ethyl adjacent to an activating group) is 1. The molecule has 1 saturated heterocycles. The van der Waals surface area contributed by atoms with Crippen molar-refractivity contribution < 1.29 is 0 Å². The molecule has 7 heteroatoms. The van der Waals surface area contributed by atoms with Crippen LogP contribution in [0.2, 0.25) is 0 Å². The molecule has 0 unspecified atom stereocenters. The fraction of sp³-hybridized carbons (Fsp3) is 0.583. The summed E-state index contributed by atoms with van der Waals surface area (Å²) in [7, 11) is 2.16. The highest BCUT2D eigenvalue weighted by molar-refractivity contribution is 5.84. The molecule has 0 aliphatic carbocycles. The first-order chi connectivity index (χ1) is 9.24.